The van der Waals surface area contributed by atoms with Crippen molar-refractivity contribution in [2.24, 2.45) is 0 Å². The van der Waals surface area contributed by atoms with Crippen molar-refractivity contribution in [1.29, 1.82) is 0 Å². The Kier molecular flexibility index (Phi) is 3.78. The van der Waals surface area contributed by atoms with Gasteiger partial charge in [-0.2, -0.15) is 4.98 Å². The molecule has 0 amide bonds. The highest BCUT2D eigenvalue weighted by atomic mass is 16.5. The maximum absolute atomic E-state index is 5.51. The summed E-state index contributed by atoms with van der Waals surface area (Å²) in [5.74, 6) is 1.40. The SMILES string of the molecule is COc1cc(N2CCOCC2)ccc1Nc1n[nH]c(N)n1. The van der Waals surface area contributed by atoms with Crippen molar-refractivity contribution in [3.8, 4) is 5.75 Å². The summed E-state index contributed by atoms with van der Waals surface area (Å²) in [7, 11) is 1.63. The molecule has 0 unspecified atom stereocenters. The van der Waals surface area contributed by atoms with Gasteiger partial charge in [-0.05, 0) is 12.1 Å². The van der Waals surface area contributed by atoms with E-state index in [9.17, 15) is 0 Å². The van der Waals surface area contributed by atoms with E-state index in [-0.39, 0.29) is 5.95 Å². The third-order valence-electron chi connectivity index (χ3n) is 3.31. The number of aromatic nitrogens is 3. The molecule has 1 fully saturated rings. The molecule has 1 aliphatic rings. The lowest BCUT2D eigenvalue weighted by atomic mass is 10.2. The monoisotopic (exact) mass is 290 g/mol. The molecule has 0 spiro atoms. The lowest BCUT2D eigenvalue weighted by Crippen LogP contribution is -2.36. The van der Waals surface area contributed by atoms with Gasteiger partial charge in [0.05, 0.1) is 26.0 Å². The van der Waals surface area contributed by atoms with Crippen molar-refractivity contribution in [2.45, 2.75) is 0 Å². The summed E-state index contributed by atoms with van der Waals surface area (Å²) in [6, 6.07) is 5.96. The number of hydrogen-bond acceptors (Lipinski definition) is 7. The molecular formula is C13H18N6O2. The minimum absolute atomic E-state index is 0.265. The highest BCUT2D eigenvalue weighted by Crippen LogP contribution is 2.31. The number of rotatable bonds is 4. The molecule has 3 rings (SSSR count). The number of aromatic amines is 1. The molecule has 0 bridgehead atoms. The van der Waals surface area contributed by atoms with E-state index in [0.29, 0.717) is 5.95 Å². The number of ether oxygens (including phenoxy) is 2. The lowest BCUT2D eigenvalue weighted by molar-refractivity contribution is 0.122. The maximum Gasteiger partial charge on any atom is 0.248 e. The van der Waals surface area contributed by atoms with Crippen LogP contribution in [0.4, 0.5) is 23.3 Å². The minimum Gasteiger partial charge on any atom is -0.494 e. The van der Waals surface area contributed by atoms with Gasteiger partial charge in [0.15, 0.2) is 0 Å². The first-order valence-electron chi connectivity index (χ1n) is 6.72. The van der Waals surface area contributed by atoms with Crippen LogP contribution < -0.4 is 20.7 Å². The van der Waals surface area contributed by atoms with Crippen LogP contribution in [0.3, 0.4) is 0 Å². The Labute approximate surface area is 122 Å². The summed E-state index contributed by atoms with van der Waals surface area (Å²) in [6.45, 7) is 3.26. The summed E-state index contributed by atoms with van der Waals surface area (Å²) >= 11 is 0. The zero-order valence-electron chi connectivity index (χ0n) is 11.8. The summed E-state index contributed by atoms with van der Waals surface area (Å²) in [4.78, 5) is 6.28. The van der Waals surface area contributed by atoms with Gasteiger partial charge in [0.1, 0.15) is 5.75 Å². The number of H-pyrrole nitrogens is 1. The zero-order valence-corrected chi connectivity index (χ0v) is 11.8. The van der Waals surface area contributed by atoms with Crippen molar-refractivity contribution in [1.82, 2.24) is 15.2 Å². The highest BCUT2D eigenvalue weighted by Gasteiger charge is 2.14. The number of anilines is 4. The smallest absolute Gasteiger partial charge is 0.248 e. The van der Waals surface area contributed by atoms with Crippen molar-refractivity contribution in [2.75, 3.05) is 49.4 Å². The van der Waals surface area contributed by atoms with Crippen molar-refractivity contribution in [3.63, 3.8) is 0 Å². The van der Waals surface area contributed by atoms with E-state index < -0.39 is 0 Å². The van der Waals surface area contributed by atoms with Crippen LogP contribution in [0.25, 0.3) is 0 Å². The second-order valence-electron chi connectivity index (χ2n) is 4.65. The van der Waals surface area contributed by atoms with E-state index >= 15 is 0 Å². The molecule has 2 aromatic rings. The third-order valence-corrected chi connectivity index (χ3v) is 3.31. The Balaban J connectivity index is 1.81. The molecule has 1 aromatic heterocycles. The van der Waals surface area contributed by atoms with Crippen LogP contribution in [0, 0.1) is 0 Å². The standard InChI is InChI=1S/C13H18N6O2/c1-20-11-8-9(19-4-6-21-7-5-19)2-3-10(11)15-13-16-12(14)17-18-13/h2-3,8H,4-7H2,1H3,(H4,14,15,16,17,18). The highest BCUT2D eigenvalue weighted by molar-refractivity contribution is 5.68. The molecule has 1 aliphatic heterocycles. The Morgan fingerprint density at radius 1 is 1.38 bits per heavy atom. The second-order valence-corrected chi connectivity index (χ2v) is 4.65. The first kappa shape index (κ1) is 13.5. The molecule has 21 heavy (non-hydrogen) atoms. The van der Waals surface area contributed by atoms with Crippen LogP contribution in [-0.2, 0) is 4.74 Å². The molecule has 1 aromatic carbocycles. The molecule has 0 radical (unpaired) electrons. The van der Waals surface area contributed by atoms with Crippen LogP contribution in [0.5, 0.6) is 5.75 Å². The van der Waals surface area contributed by atoms with Crippen LogP contribution in [0.2, 0.25) is 0 Å². The predicted molar refractivity (Wildman–Crippen MR) is 80.1 cm³/mol. The van der Waals surface area contributed by atoms with Crippen molar-refractivity contribution in [3.05, 3.63) is 18.2 Å². The van der Waals surface area contributed by atoms with Gasteiger partial charge in [-0.1, -0.05) is 0 Å². The van der Waals surface area contributed by atoms with Gasteiger partial charge >= 0.3 is 0 Å². The van der Waals surface area contributed by atoms with Gasteiger partial charge in [0, 0.05) is 24.8 Å². The van der Waals surface area contributed by atoms with Gasteiger partial charge in [-0.3, -0.25) is 0 Å². The number of benzene rings is 1. The predicted octanol–water partition coefficient (Wildman–Crippen LogP) is 0.976. The topological polar surface area (TPSA) is 101 Å². The third kappa shape index (κ3) is 3.00. The molecule has 1 saturated heterocycles. The van der Waals surface area contributed by atoms with E-state index in [0.717, 1.165) is 43.4 Å². The van der Waals surface area contributed by atoms with Crippen LogP contribution in [0.1, 0.15) is 0 Å². The van der Waals surface area contributed by atoms with E-state index in [4.69, 9.17) is 15.2 Å². The fourth-order valence-corrected chi connectivity index (χ4v) is 2.25. The first-order chi connectivity index (χ1) is 10.3. The fraction of sp³-hybridized carbons (Fsp3) is 0.385. The minimum atomic E-state index is 0.265. The molecule has 0 aliphatic carbocycles. The average molecular weight is 290 g/mol. The summed E-state index contributed by atoms with van der Waals surface area (Å²) < 4.78 is 10.8. The number of nitrogen functional groups attached to an aromatic ring is 1. The van der Waals surface area contributed by atoms with Crippen molar-refractivity contribution < 1.29 is 9.47 Å². The summed E-state index contributed by atoms with van der Waals surface area (Å²) in [6.07, 6.45) is 0. The lowest BCUT2D eigenvalue weighted by Gasteiger charge is -2.29. The quantitative estimate of drug-likeness (QED) is 0.771. The summed E-state index contributed by atoms with van der Waals surface area (Å²) in [5, 5.41) is 9.60. The molecule has 0 atom stereocenters. The van der Waals surface area contributed by atoms with Crippen LogP contribution in [0.15, 0.2) is 18.2 Å². The maximum atomic E-state index is 5.51. The Hall–Kier alpha value is -2.48. The number of nitrogens with two attached hydrogens (primary N) is 1. The van der Waals surface area contributed by atoms with Gasteiger partial charge < -0.3 is 25.4 Å². The number of methoxy groups -OCH3 is 1. The van der Waals surface area contributed by atoms with Gasteiger partial charge in [-0.25, -0.2) is 5.10 Å². The molecule has 2 heterocycles. The van der Waals surface area contributed by atoms with Crippen LogP contribution in [-0.4, -0.2) is 48.6 Å². The second kappa shape index (κ2) is 5.88. The molecular weight excluding hydrogens is 272 g/mol. The largest absolute Gasteiger partial charge is 0.494 e. The number of nitrogens with zero attached hydrogens (tertiary/aromatic N) is 3. The molecule has 112 valence electrons. The van der Waals surface area contributed by atoms with E-state index in [1.54, 1.807) is 7.11 Å². The average Bonchev–Trinajstić information content (AvgIpc) is 2.94. The zero-order chi connectivity index (χ0) is 14.7. The normalized spacial score (nSPS) is 15.0. The fourth-order valence-electron chi connectivity index (χ4n) is 2.25. The summed E-state index contributed by atoms with van der Waals surface area (Å²) in [5.41, 5.74) is 7.40. The van der Waals surface area contributed by atoms with Crippen LogP contribution >= 0.6 is 0 Å². The number of hydrogen-bond donors (Lipinski definition) is 3. The van der Waals surface area contributed by atoms with E-state index in [1.165, 1.54) is 0 Å². The number of morpholine rings is 1. The van der Waals surface area contributed by atoms with E-state index in [1.807, 2.05) is 18.2 Å². The van der Waals surface area contributed by atoms with Gasteiger partial charge in [0.25, 0.3) is 0 Å². The Morgan fingerprint density at radius 2 is 2.19 bits per heavy atom. The Morgan fingerprint density at radius 3 is 2.86 bits per heavy atom. The van der Waals surface area contributed by atoms with Gasteiger partial charge in [0.2, 0.25) is 11.9 Å². The Bertz CT molecular complexity index is 608. The van der Waals surface area contributed by atoms with E-state index in [2.05, 4.69) is 25.4 Å². The molecule has 8 heteroatoms. The molecule has 4 N–H and O–H groups in total. The first-order valence-corrected chi connectivity index (χ1v) is 6.72. The molecule has 8 nitrogen and oxygen atoms in total. The van der Waals surface area contributed by atoms with Gasteiger partial charge in [-0.15, -0.1) is 5.10 Å². The molecule has 0 saturated carbocycles. The number of nitrogens with one attached hydrogen (secondary N) is 2. The van der Waals surface area contributed by atoms with Crippen molar-refractivity contribution >= 4 is 23.3 Å².